The Kier molecular flexibility index (Phi) is 5.20. The number of rotatable bonds is 7. The van der Waals surface area contributed by atoms with Crippen LogP contribution in [-0.4, -0.2) is 29.2 Å². The van der Waals surface area contributed by atoms with Crippen LogP contribution >= 0.6 is 0 Å². The average Bonchev–Trinajstić information content (AvgIpc) is 2.84. The van der Waals surface area contributed by atoms with Crippen molar-refractivity contribution in [2.24, 2.45) is 11.3 Å². The monoisotopic (exact) mass is 270 g/mol. The van der Waals surface area contributed by atoms with E-state index in [2.05, 4.69) is 24.5 Å². The number of urea groups is 1. The van der Waals surface area contributed by atoms with Crippen molar-refractivity contribution in [1.82, 2.24) is 10.6 Å². The van der Waals surface area contributed by atoms with E-state index < -0.39 is 5.97 Å². The Morgan fingerprint density at radius 1 is 1.32 bits per heavy atom. The highest BCUT2D eigenvalue weighted by Gasteiger charge is 2.46. The second kappa shape index (κ2) is 6.26. The molecule has 1 aliphatic carbocycles. The fourth-order valence-corrected chi connectivity index (χ4v) is 2.06. The third-order valence-electron chi connectivity index (χ3n) is 3.89. The molecule has 3 unspecified atom stereocenters. The molecular weight excluding hydrogens is 244 g/mol. The van der Waals surface area contributed by atoms with E-state index in [9.17, 15) is 9.59 Å². The van der Waals surface area contributed by atoms with Crippen molar-refractivity contribution in [2.75, 3.05) is 0 Å². The Morgan fingerprint density at radius 2 is 1.89 bits per heavy atom. The van der Waals surface area contributed by atoms with Crippen molar-refractivity contribution >= 4 is 12.0 Å². The molecule has 0 bridgehead atoms. The fraction of sp³-hybridized carbons (Fsp3) is 0.857. The molecule has 5 nitrogen and oxygen atoms in total. The molecule has 0 aromatic heterocycles. The summed E-state index contributed by atoms with van der Waals surface area (Å²) < 4.78 is 0. The minimum atomic E-state index is -0.755. The molecule has 0 radical (unpaired) electrons. The molecule has 0 aliphatic heterocycles. The Bertz CT molecular complexity index is 342. The number of carboxylic acids is 1. The normalized spacial score (nSPS) is 23.3. The maximum atomic E-state index is 11.7. The summed E-state index contributed by atoms with van der Waals surface area (Å²) >= 11 is 0. The number of nitrogens with one attached hydrogen (secondary N) is 2. The molecule has 3 N–H and O–H groups in total. The molecule has 19 heavy (non-hydrogen) atoms. The molecule has 0 aromatic rings. The van der Waals surface area contributed by atoms with E-state index in [4.69, 9.17) is 5.11 Å². The summed E-state index contributed by atoms with van der Waals surface area (Å²) in [5, 5.41) is 14.6. The van der Waals surface area contributed by atoms with Crippen LogP contribution < -0.4 is 10.6 Å². The van der Waals surface area contributed by atoms with Crippen molar-refractivity contribution in [1.29, 1.82) is 0 Å². The first-order chi connectivity index (χ1) is 8.72. The van der Waals surface area contributed by atoms with Crippen LogP contribution in [0.5, 0.6) is 0 Å². The Hall–Kier alpha value is -1.26. The Balaban J connectivity index is 2.12. The smallest absolute Gasteiger partial charge is 0.315 e. The number of amides is 2. The van der Waals surface area contributed by atoms with Gasteiger partial charge in [0.25, 0.3) is 0 Å². The van der Waals surface area contributed by atoms with Crippen LogP contribution in [0.15, 0.2) is 0 Å². The van der Waals surface area contributed by atoms with E-state index in [1.165, 1.54) is 0 Å². The lowest BCUT2D eigenvalue weighted by Crippen LogP contribution is -2.42. The number of carboxylic acid groups (broad SMARTS) is 1. The summed E-state index contributed by atoms with van der Waals surface area (Å²) in [7, 11) is 0. The van der Waals surface area contributed by atoms with E-state index in [1.807, 2.05) is 6.92 Å². The van der Waals surface area contributed by atoms with Crippen LogP contribution in [0.2, 0.25) is 0 Å². The van der Waals surface area contributed by atoms with Crippen molar-refractivity contribution in [3.05, 3.63) is 0 Å². The highest BCUT2D eigenvalue weighted by atomic mass is 16.4. The Labute approximate surface area is 115 Å². The highest BCUT2D eigenvalue weighted by molar-refractivity contribution is 5.75. The van der Waals surface area contributed by atoms with E-state index in [0.717, 1.165) is 19.3 Å². The van der Waals surface area contributed by atoms with E-state index >= 15 is 0 Å². The molecule has 0 spiro atoms. The molecule has 3 atom stereocenters. The van der Waals surface area contributed by atoms with Gasteiger partial charge in [-0.15, -0.1) is 0 Å². The molecule has 5 heteroatoms. The van der Waals surface area contributed by atoms with Crippen LogP contribution in [0.25, 0.3) is 0 Å². The van der Waals surface area contributed by atoms with Crippen molar-refractivity contribution in [3.8, 4) is 0 Å². The molecule has 1 saturated carbocycles. The fourth-order valence-electron chi connectivity index (χ4n) is 2.06. The number of aliphatic carboxylic acids is 1. The van der Waals surface area contributed by atoms with Crippen LogP contribution in [0.4, 0.5) is 4.79 Å². The summed E-state index contributed by atoms with van der Waals surface area (Å²) in [5.74, 6) is -1.07. The molecule has 0 saturated heterocycles. The zero-order chi connectivity index (χ0) is 14.6. The van der Waals surface area contributed by atoms with Gasteiger partial charge in [0, 0.05) is 12.1 Å². The summed E-state index contributed by atoms with van der Waals surface area (Å²) in [4.78, 5) is 22.3. The maximum absolute atomic E-state index is 11.7. The molecule has 1 aliphatic rings. The van der Waals surface area contributed by atoms with Gasteiger partial charge in [0.15, 0.2) is 0 Å². The molecule has 1 rings (SSSR count). The molecule has 2 amide bonds. The van der Waals surface area contributed by atoms with Gasteiger partial charge in [0.05, 0.1) is 5.92 Å². The van der Waals surface area contributed by atoms with Crippen LogP contribution in [0, 0.1) is 11.3 Å². The third-order valence-corrected chi connectivity index (χ3v) is 3.89. The first-order valence-corrected chi connectivity index (χ1v) is 7.02. The maximum Gasteiger partial charge on any atom is 0.315 e. The molecule has 110 valence electrons. The van der Waals surface area contributed by atoms with E-state index in [0.29, 0.717) is 6.42 Å². The van der Waals surface area contributed by atoms with Gasteiger partial charge in [-0.05, 0) is 31.6 Å². The molecule has 1 fully saturated rings. The Morgan fingerprint density at radius 3 is 2.37 bits per heavy atom. The summed E-state index contributed by atoms with van der Waals surface area (Å²) in [5.41, 5.74) is 0.234. The quantitative estimate of drug-likeness (QED) is 0.664. The van der Waals surface area contributed by atoms with Gasteiger partial charge >= 0.3 is 12.0 Å². The average molecular weight is 270 g/mol. The van der Waals surface area contributed by atoms with Crippen molar-refractivity contribution in [2.45, 2.75) is 65.5 Å². The van der Waals surface area contributed by atoms with Gasteiger partial charge in [-0.25, -0.2) is 4.79 Å². The SMILES string of the molecule is CC(CCCC(C)C(=O)O)NC(=O)NC1CC1(C)C. The largest absolute Gasteiger partial charge is 0.481 e. The third kappa shape index (κ3) is 5.49. The predicted molar refractivity (Wildman–Crippen MR) is 74.0 cm³/mol. The van der Waals surface area contributed by atoms with Crippen LogP contribution in [0.1, 0.15) is 53.4 Å². The lowest BCUT2D eigenvalue weighted by atomic mass is 10.0. The zero-order valence-electron chi connectivity index (χ0n) is 12.3. The minimum Gasteiger partial charge on any atom is -0.481 e. The number of hydrogen-bond donors (Lipinski definition) is 3. The van der Waals surface area contributed by atoms with Crippen LogP contribution in [0.3, 0.4) is 0 Å². The second-order valence-corrected chi connectivity index (χ2v) is 6.43. The lowest BCUT2D eigenvalue weighted by Gasteiger charge is -2.15. The molecular formula is C14H26N2O3. The lowest BCUT2D eigenvalue weighted by molar-refractivity contribution is -0.141. The van der Waals surface area contributed by atoms with E-state index in [1.54, 1.807) is 6.92 Å². The standard InChI is InChI=1S/C14H26N2O3/c1-9(12(17)18)6-5-7-10(2)15-13(19)16-11-8-14(11,3)4/h9-11H,5-8H2,1-4H3,(H,17,18)(H2,15,16,19). The van der Waals surface area contributed by atoms with Gasteiger partial charge in [-0.1, -0.05) is 27.2 Å². The van der Waals surface area contributed by atoms with Crippen LogP contribution in [-0.2, 0) is 4.79 Å². The minimum absolute atomic E-state index is 0.0721. The topological polar surface area (TPSA) is 78.4 Å². The second-order valence-electron chi connectivity index (χ2n) is 6.43. The first-order valence-electron chi connectivity index (χ1n) is 7.02. The summed E-state index contributed by atoms with van der Waals surface area (Å²) in [6.07, 6.45) is 3.30. The van der Waals surface area contributed by atoms with Gasteiger partial charge in [0.1, 0.15) is 0 Å². The highest BCUT2D eigenvalue weighted by Crippen LogP contribution is 2.44. The predicted octanol–water partition coefficient (Wildman–Crippen LogP) is 2.36. The summed E-state index contributed by atoms with van der Waals surface area (Å²) in [6.45, 7) is 7.93. The number of carbonyl (C=O) groups is 2. The van der Waals surface area contributed by atoms with Gasteiger partial charge < -0.3 is 15.7 Å². The number of hydrogen-bond acceptors (Lipinski definition) is 2. The van der Waals surface area contributed by atoms with Crippen molar-refractivity contribution in [3.63, 3.8) is 0 Å². The van der Waals surface area contributed by atoms with E-state index in [-0.39, 0.29) is 29.4 Å². The molecule has 0 aromatic carbocycles. The van der Waals surface area contributed by atoms with Gasteiger partial charge in [-0.3, -0.25) is 4.79 Å². The van der Waals surface area contributed by atoms with Gasteiger partial charge in [0.2, 0.25) is 0 Å². The van der Waals surface area contributed by atoms with Crippen molar-refractivity contribution < 1.29 is 14.7 Å². The summed E-state index contributed by atoms with van der Waals surface area (Å²) in [6, 6.07) is 0.240. The zero-order valence-corrected chi connectivity index (χ0v) is 12.3. The molecule has 0 heterocycles. The first kappa shape index (κ1) is 15.8. The number of carbonyl (C=O) groups excluding carboxylic acids is 1. The van der Waals surface area contributed by atoms with Gasteiger partial charge in [-0.2, -0.15) is 0 Å².